The molecule has 1 N–H and O–H groups in total. The second-order valence-corrected chi connectivity index (χ2v) is 9.10. The molecule has 0 amide bonds. The lowest BCUT2D eigenvalue weighted by Crippen LogP contribution is -2.36. The van der Waals surface area contributed by atoms with Gasteiger partial charge in [-0.2, -0.15) is 4.31 Å². The van der Waals surface area contributed by atoms with Crippen LogP contribution in [0, 0.1) is 6.92 Å². The van der Waals surface area contributed by atoms with Gasteiger partial charge in [0.1, 0.15) is 0 Å². The number of aryl methyl sites for hydroxylation is 1. The molecule has 144 valence electrons. The fraction of sp³-hybridized carbons (Fsp3) is 0.238. The number of aromatic nitrogens is 1. The van der Waals surface area contributed by atoms with Gasteiger partial charge >= 0.3 is 0 Å². The van der Waals surface area contributed by atoms with Crippen LogP contribution in [0.4, 0.5) is 0 Å². The van der Waals surface area contributed by atoms with Crippen molar-refractivity contribution < 1.29 is 13.2 Å². The van der Waals surface area contributed by atoms with Crippen LogP contribution in [-0.4, -0.2) is 30.0 Å². The maximum absolute atomic E-state index is 13.0. The van der Waals surface area contributed by atoms with Crippen molar-refractivity contribution in [3.8, 4) is 0 Å². The summed E-state index contributed by atoms with van der Waals surface area (Å²) in [6, 6.07) is 11.8. The van der Waals surface area contributed by atoms with Crippen molar-refractivity contribution in [2.75, 3.05) is 6.54 Å². The van der Waals surface area contributed by atoms with Crippen molar-refractivity contribution in [2.24, 2.45) is 0 Å². The van der Waals surface area contributed by atoms with Gasteiger partial charge in [-0.3, -0.25) is 9.59 Å². The van der Waals surface area contributed by atoms with Crippen molar-refractivity contribution in [1.29, 1.82) is 0 Å². The Bertz CT molecular complexity index is 1260. The normalized spacial score (nSPS) is 14.8. The fourth-order valence-electron chi connectivity index (χ4n) is 3.57. The SMILES string of the molecule is CC(=O)c1ccc(S(=O)(=O)N2CCc3cc4cc(C)c(=O)[nH]c4cc3C2)cc1. The van der Waals surface area contributed by atoms with Crippen molar-refractivity contribution in [1.82, 2.24) is 9.29 Å². The zero-order chi connectivity index (χ0) is 20.1. The smallest absolute Gasteiger partial charge is 0.251 e. The molecule has 0 spiro atoms. The summed E-state index contributed by atoms with van der Waals surface area (Å²) < 4.78 is 27.5. The summed E-state index contributed by atoms with van der Waals surface area (Å²) >= 11 is 0. The Morgan fingerprint density at radius 2 is 1.79 bits per heavy atom. The first-order chi connectivity index (χ1) is 13.3. The summed E-state index contributed by atoms with van der Waals surface area (Å²) in [7, 11) is -3.67. The molecule has 1 aliphatic rings. The molecule has 0 saturated heterocycles. The van der Waals surface area contributed by atoms with Gasteiger partial charge < -0.3 is 4.98 Å². The molecule has 0 bridgehead atoms. The molecule has 1 aliphatic heterocycles. The van der Waals surface area contributed by atoms with E-state index in [0.29, 0.717) is 29.6 Å². The first kappa shape index (κ1) is 18.6. The van der Waals surface area contributed by atoms with Crippen LogP contribution < -0.4 is 5.56 Å². The predicted molar refractivity (Wildman–Crippen MR) is 107 cm³/mol. The van der Waals surface area contributed by atoms with Gasteiger partial charge in [0.25, 0.3) is 5.56 Å². The van der Waals surface area contributed by atoms with Crippen LogP contribution in [0.1, 0.15) is 34.0 Å². The lowest BCUT2D eigenvalue weighted by atomic mass is 9.98. The van der Waals surface area contributed by atoms with E-state index >= 15 is 0 Å². The largest absolute Gasteiger partial charge is 0.322 e. The Kier molecular flexibility index (Phi) is 4.44. The number of benzene rings is 2. The van der Waals surface area contributed by atoms with Crippen LogP contribution in [0.25, 0.3) is 10.9 Å². The van der Waals surface area contributed by atoms with E-state index in [1.165, 1.54) is 35.5 Å². The van der Waals surface area contributed by atoms with Gasteiger partial charge in [0.15, 0.2) is 5.78 Å². The highest BCUT2D eigenvalue weighted by molar-refractivity contribution is 7.89. The van der Waals surface area contributed by atoms with E-state index < -0.39 is 10.0 Å². The first-order valence-electron chi connectivity index (χ1n) is 9.02. The van der Waals surface area contributed by atoms with E-state index in [1.54, 1.807) is 6.92 Å². The number of sulfonamides is 1. The highest BCUT2D eigenvalue weighted by atomic mass is 32.2. The number of pyridine rings is 1. The van der Waals surface area contributed by atoms with Crippen LogP contribution in [0.5, 0.6) is 0 Å². The number of nitrogens with one attached hydrogen (secondary N) is 1. The number of aromatic amines is 1. The predicted octanol–water partition coefficient (Wildman–Crippen LogP) is 2.79. The highest BCUT2D eigenvalue weighted by Gasteiger charge is 2.28. The average Bonchev–Trinajstić information content (AvgIpc) is 2.67. The number of rotatable bonds is 3. The molecule has 1 aromatic heterocycles. The van der Waals surface area contributed by atoms with E-state index in [0.717, 1.165) is 16.5 Å². The van der Waals surface area contributed by atoms with Crippen molar-refractivity contribution in [2.45, 2.75) is 31.7 Å². The van der Waals surface area contributed by atoms with E-state index in [4.69, 9.17) is 0 Å². The first-order valence-corrected chi connectivity index (χ1v) is 10.5. The summed E-state index contributed by atoms with van der Waals surface area (Å²) in [6.45, 7) is 3.85. The summed E-state index contributed by atoms with van der Waals surface area (Å²) in [5.74, 6) is -0.105. The number of hydrogen-bond acceptors (Lipinski definition) is 4. The number of hydrogen-bond donors (Lipinski definition) is 1. The topological polar surface area (TPSA) is 87.3 Å². The second-order valence-electron chi connectivity index (χ2n) is 7.16. The number of Topliss-reactive ketones (excluding diaryl/α,β-unsaturated/α-hetero) is 1. The fourth-order valence-corrected chi connectivity index (χ4v) is 4.98. The monoisotopic (exact) mass is 396 g/mol. The van der Waals surface area contributed by atoms with Crippen LogP contribution in [-0.2, 0) is 23.0 Å². The number of carbonyl (C=O) groups is 1. The Balaban J connectivity index is 1.69. The number of carbonyl (C=O) groups excluding carboxylic acids is 1. The molecule has 2 heterocycles. The van der Waals surface area contributed by atoms with Crippen molar-refractivity contribution >= 4 is 26.7 Å². The summed E-state index contributed by atoms with van der Waals surface area (Å²) in [6.07, 6.45) is 0.605. The summed E-state index contributed by atoms with van der Waals surface area (Å²) in [4.78, 5) is 26.3. The maximum atomic E-state index is 13.0. The van der Waals surface area contributed by atoms with Gasteiger partial charge in [-0.25, -0.2) is 8.42 Å². The van der Waals surface area contributed by atoms with Crippen molar-refractivity contribution in [3.05, 3.63) is 75.1 Å². The van der Waals surface area contributed by atoms with E-state index in [2.05, 4.69) is 4.98 Å². The minimum Gasteiger partial charge on any atom is -0.322 e. The van der Waals surface area contributed by atoms with Crippen LogP contribution >= 0.6 is 0 Å². The molecule has 0 unspecified atom stereocenters. The Hall–Kier alpha value is -2.77. The van der Waals surface area contributed by atoms with E-state index in [-0.39, 0.29) is 22.8 Å². The number of nitrogens with zero attached hydrogens (tertiary/aromatic N) is 1. The minimum atomic E-state index is -3.67. The average molecular weight is 396 g/mol. The van der Waals surface area contributed by atoms with Gasteiger partial charge in [0.05, 0.1) is 4.90 Å². The zero-order valence-corrected chi connectivity index (χ0v) is 16.5. The summed E-state index contributed by atoms with van der Waals surface area (Å²) in [5, 5.41) is 0.951. The lowest BCUT2D eigenvalue weighted by Gasteiger charge is -2.28. The number of fused-ring (bicyclic) bond motifs is 2. The van der Waals surface area contributed by atoms with Crippen molar-refractivity contribution in [3.63, 3.8) is 0 Å². The Labute approximate surface area is 162 Å². The third-order valence-electron chi connectivity index (χ3n) is 5.23. The van der Waals surface area contributed by atoms with Crippen LogP contribution in [0.3, 0.4) is 0 Å². The van der Waals surface area contributed by atoms with Gasteiger partial charge in [0.2, 0.25) is 10.0 Å². The maximum Gasteiger partial charge on any atom is 0.251 e. The van der Waals surface area contributed by atoms with Crippen LogP contribution in [0.2, 0.25) is 0 Å². The Morgan fingerprint density at radius 3 is 2.46 bits per heavy atom. The molecule has 2 aromatic carbocycles. The molecule has 6 nitrogen and oxygen atoms in total. The molecule has 0 saturated carbocycles. The molecule has 0 fully saturated rings. The standard InChI is InChI=1S/C21H20N2O4S/c1-13-9-17-10-16-7-8-23(12-18(16)11-20(17)22-21(13)25)28(26,27)19-5-3-15(4-6-19)14(2)24/h3-6,9-11H,7-8,12H2,1-2H3,(H,22,25). The molecule has 7 heteroatoms. The molecular weight excluding hydrogens is 376 g/mol. The second kappa shape index (κ2) is 6.68. The number of ketones is 1. The minimum absolute atomic E-state index is 0.105. The molecule has 28 heavy (non-hydrogen) atoms. The number of H-pyrrole nitrogens is 1. The van der Waals surface area contributed by atoms with Gasteiger partial charge in [-0.15, -0.1) is 0 Å². The van der Waals surface area contributed by atoms with Gasteiger partial charge in [-0.1, -0.05) is 12.1 Å². The molecule has 0 aliphatic carbocycles. The third-order valence-corrected chi connectivity index (χ3v) is 7.09. The highest BCUT2D eigenvalue weighted by Crippen LogP contribution is 2.28. The Morgan fingerprint density at radius 1 is 1.07 bits per heavy atom. The summed E-state index contributed by atoms with van der Waals surface area (Å²) in [5.41, 5.74) is 3.69. The van der Waals surface area contributed by atoms with Gasteiger partial charge in [-0.05, 0) is 67.1 Å². The van der Waals surface area contributed by atoms with E-state index in [1.807, 2.05) is 18.2 Å². The van der Waals surface area contributed by atoms with Gasteiger partial charge in [0, 0.05) is 29.7 Å². The van der Waals surface area contributed by atoms with Crippen LogP contribution in [0.15, 0.2) is 52.2 Å². The molecule has 4 rings (SSSR count). The quantitative estimate of drug-likeness (QED) is 0.690. The van der Waals surface area contributed by atoms with E-state index in [9.17, 15) is 18.0 Å². The molecular formula is C21H20N2O4S. The lowest BCUT2D eigenvalue weighted by molar-refractivity contribution is 0.101. The zero-order valence-electron chi connectivity index (χ0n) is 15.7. The molecule has 0 atom stereocenters. The molecule has 3 aromatic rings. The molecule has 0 radical (unpaired) electrons. The third kappa shape index (κ3) is 3.16.